The minimum Gasteiger partial charge on any atom is -0.354 e. The molecule has 0 saturated carbocycles. The predicted octanol–water partition coefficient (Wildman–Crippen LogP) is 2.25. The van der Waals surface area contributed by atoms with Gasteiger partial charge < -0.3 is 10.6 Å². The molecule has 1 aliphatic rings. The molecule has 2 rings (SSSR count). The van der Waals surface area contributed by atoms with Crippen LogP contribution >= 0.6 is 35.3 Å². The topological polar surface area (TPSA) is 86.7 Å². The molecule has 0 atom stereocenters. The summed E-state index contributed by atoms with van der Waals surface area (Å²) in [7, 11) is -1.33. The van der Waals surface area contributed by atoms with Crippen LogP contribution in [0.1, 0.15) is 41.8 Å². The van der Waals surface area contributed by atoms with Gasteiger partial charge in [0.25, 0.3) is 0 Å². The first-order valence-electron chi connectivity index (χ1n) is 8.73. The number of sulfonamides is 1. The Morgan fingerprint density at radius 1 is 1.35 bits per heavy atom. The molecule has 1 aromatic rings. The Morgan fingerprint density at radius 2 is 2.00 bits per heavy atom. The molecule has 2 N–H and O–H groups in total. The number of thiazole rings is 1. The fraction of sp³-hybridized carbons (Fsp3) is 0.750. The lowest BCUT2D eigenvalue weighted by Crippen LogP contribution is -2.49. The molecule has 0 amide bonds. The lowest BCUT2D eigenvalue weighted by Gasteiger charge is -2.32. The molecule has 1 saturated heterocycles. The van der Waals surface area contributed by atoms with E-state index in [-0.39, 0.29) is 35.8 Å². The van der Waals surface area contributed by atoms with Crippen molar-refractivity contribution in [3.8, 4) is 0 Å². The molecule has 0 unspecified atom stereocenters. The van der Waals surface area contributed by atoms with Gasteiger partial charge in [0.15, 0.2) is 5.96 Å². The molecule has 150 valence electrons. The third-order valence-electron chi connectivity index (χ3n) is 4.29. The van der Waals surface area contributed by atoms with Crippen LogP contribution in [0.2, 0.25) is 0 Å². The molecular weight excluding hydrogens is 485 g/mol. The van der Waals surface area contributed by atoms with E-state index in [1.165, 1.54) is 4.88 Å². The Balaban J connectivity index is 0.00000338. The van der Waals surface area contributed by atoms with Gasteiger partial charge in [-0.3, -0.25) is 4.99 Å². The maximum Gasteiger partial charge on any atom is 0.214 e. The van der Waals surface area contributed by atoms with Crippen molar-refractivity contribution in [1.29, 1.82) is 0 Å². The highest BCUT2D eigenvalue weighted by Crippen LogP contribution is 2.17. The van der Waals surface area contributed by atoms with Crippen molar-refractivity contribution in [2.24, 2.45) is 4.99 Å². The number of piperidine rings is 1. The Labute approximate surface area is 178 Å². The minimum absolute atomic E-state index is 0. The largest absolute Gasteiger partial charge is 0.354 e. The minimum atomic E-state index is -3.09. The third-order valence-corrected chi connectivity index (χ3v) is 7.44. The van der Waals surface area contributed by atoms with Crippen molar-refractivity contribution in [2.45, 2.75) is 52.6 Å². The second kappa shape index (κ2) is 10.8. The Bertz CT molecular complexity index is 697. The normalized spacial score (nSPS) is 17.0. The maximum absolute atomic E-state index is 12.1. The van der Waals surface area contributed by atoms with Crippen LogP contribution in [0.4, 0.5) is 0 Å². The van der Waals surface area contributed by atoms with Crippen molar-refractivity contribution in [3.63, 3.8) is 0 Å². The molecular formula is C16H30IN5O2S2. The molecule has 26 heavy (non-hydrogen) atoms. The van der Waals surface area contributed by atoms with E-state index in [4.69, 9.17) is 0 Å². The number of hydrogen-bond donors (Lipinski definition) is 2. The van der Waals surface area contributed by atoms with Crippen LogP contribution in [0.5, 0.6) is 0 Å². The van der Waals surface area contributed by atoms with Crippen molar-refractivity contribution in [1.82, 2.24) is 19.9 Å². The van der Waals surface area contributed by atoms with E-state index in [1.54, 1.807) is 22.7 Å². The number of hydrogen-bond acceptors (Lipinski definition) is 5. The first kappa shape index (κ1) is 23.6. The summed E-state index contributed by atoms with van der Waals surface area (Å²) in [6.07, 6.45) is 2.25. The molecule has 7 nitrogen and oxygen atoms in total. The summed E-state index contributed by atoms with van der Waals surface area (Å²) in [5.41, 5.74) is 1.06. The van der Waals surface area contributed by atoms with Crippen molar-refractivity contribution in [2.75, 3.05) is 25.9 Å². The maximum atomic E-state index is 12.1. The van der Waals surface area contributed by atoms with Crippen LogP contribution in [0, 0.1) is 13.8 Å². The zero-order chi connectivity index (χ0) is 18.4. The molecule has 2 heterocycles. The zero-order valence-electron chi connectivity index (χ0n) is 15.9. The Morgan fingerprint density at radius 3 is 2.50 bits per heavy atom. The summed E-state index contributed by atoms with van der Waals surface area (Å²) >= 11 is 1.69. The van der Waals surface area contributed by atoms with Gasteiger partial charge >= 0.3 is 0 Å². The second-order valence-electron chi connectivity index (χ2n) is 6.30. The smallest absolute Gasteiger partial charge is 0.214 e. The average Bonchev–Trinajstić information content (AvgIpc) is 2.89. The number of nitrogens with zero attached hydrogens (tertiary/aromatic N) is 3. The quantitative estimate of drug-likeness (QED) is 0.345. The highest BCUT2D eigenvalue weighted by atomic mass is 127. The lowest BCUT2D eigenvalue weighted by molar-refractivity contribution is 0.306. The first-order chi connectivity index (χ1) is 11.9. The fourth-order valence-electron chi connectivity index (χ4n) is 2.95. The van der Waals surface area contributed by atoms with Crippen LogP contribution in [0.15, 0.2) is 4.99 Å². The number of aryl methyl sites for hydroxylation is 2. The number of rotatable bonds is 6. The predicted molar refractivity (Wildman–Crippen MR) is 119 cm³/mol. The summed E-state index contributed by atoms with van der Waals surface area (Å²) < 4.78 is 25.9. The summed E-state index contributed by atoms with van der Waals surface area (Å²) in [6.45, 7) is 7.76. The molecule has 10 heteroatoms. The van der Waals surface area contributed by atoms with Crippen LogP contribution in [0.25, 0.3) is 0 Å². The number of halogens is 1. The van der Waals surface area contributed by atoms with E-state index in [0.29, 0.717) is 26.1 Å². The second-order valence-corrected chi connectivity index (χ2v) is 9.68. The molecule has 0 radical (unpaired) electrons. The number of nitrogens with one attached hydrogen (secondary N) is 2. The monoisotopic (exact) mass is 515 g/mol. The zero-order valence-corrected chi connectivity index (χ0v) is 19.9. The average molecular weight is 515 g/mol. The standard InChI is InChI=1S/C16H29N5O2S2.HI/c1-5-10-25(22,23)21-8-6-14(7-9-21)20-16(17-4)18-11-15-12(2)19-13(3)24-15;/h14H,5-11H2,1-4H3,(H2,17,18,20);1H. The third kappa shape index (κ3) is 6.61. The van der Waals surface area contributed by atoms with Crippen LogP contribution < -0.4 is 10.6 Å². The highest BCUT2D eigenvalue weighted by molar-refractivity contribution is 14.0. The van der Waals surface area contributed by atoms with Gasteiger partial charge in [0, 0.05) is 31.1 Å². The summed E-state index contributed by atoms with van der Waals surface area (Å²) in [5, 5.41) is 7.80. The number of aromatic nitrogens is 1. The first-order valence-corrected chi connectivity index (χ1v) is 11.2. The SMILES string of the molecule is CCCS(=O)(=O)N1CCC(NC(=NC)NCc2sc(C)nc2C)CC1.I. The lowest BCUT2D eigenvalue weighted by atomic mass is 10.1. The van der Waals surface area contributed by atoms with E-state index < -0.39 is 10.0 Å². The highest BCUT2D eigenvalue weighted by Gasteiger charge is 2.27. The summed E-state index contributed by atoms with van der Waals surface area (Å²) in [4.78, 5) is 9.92. The number of aliphatic imine (C=N–C) groups is 1. The van der Waals surface area contributed by atoms with Gasteiger partial charge in [-0.2, -0.15) is 0 Å². The van der Waals surface area contributed by atoms with Crippen molar-refractivity contribution in [3.05, 3.63) is 15.6 Å². The number of guanidine groups is 1. The van der Waals surface area contributed by atoms with Crippen LogP contribution in [-0.4, -0.2) is 55.6 Å². The molecule has 0 aliphatic carbocycles. The van der Waals surface area contributed by atoms with E-state index >= 15 is 0 Å². The van der Waals surface area contributed by atoms with Crippen LogP contribution in [-0.2, 0) is 16.6 Å². The van der Waals surface area contributed by atoms with Gasteiger partial charge in [0.1, 0.15) is 0 Å². The molecule has 0 bridgehead atoms. The van der Waals surface area contributed by atoms with E-state index in [1.807, 2.05) is 20.8 Å². The van der Waals surface area contributed by atoms with E-state index in [9.17, 15) is 8.42 Å². The molecule has 1 aromatic heterocycles. The van der Waals surface area contributed by atoms with Gasteiger partial charge in [-0.25, -0.2) is 17.7 Å². The van der Waals surface area contributed by atoms with Gasteiger partial charge in [0.05, 0.1) is 23.0 Å². The van der Waals surface area contributed by atoms with Crippen molar-refractivity contribution >= 4 is 51.3 Å². The molecule has 0 aromatic carbocycles. The van der Waals surface area contributed by atoms with E-state index in [2.05, 4.69) is 20.6 Å². The molecule has 1 fully saturated rings. The molecule has 1 aliphatic heterocycles. The summed E-state index contributed by atoms with van der Waals surface area (Å²) in [5.74, 6) is 0.988. The Hall–Kier alpha value is -0.460. The van der Waals surface area contributed by atoms with Crippen molar-refractivity contribution < 1.29 is 8.42 Å². The Kier molecular flexibility index (Phi) is 9.76. The van der Waals surface area contributed by atoms with Gasteiger partial charge in [0.2, 0.25) is 10.0 Å². The fourth-order valence-corrected chi connectivity index (χ4v) is 5.37. The summed E-state index contributed by atoms with van der Waals surface area (Å²) in [6, 6.07) is 0.239. The molecule has 0 spiro atoms. The van der Waals surface area contributed by atoms with E-state index in [0.717, 1.165) is 29.5 Å². The van der Waals surface area contributed by atoms with Gasteiger partial charge in [-0.15, -0.1) is 35.3 Å². The van der Waals surface area contributed by atoms with Gasteiger partial charge in [-0.1, -0.05) is 6.92 Å². The van der Waals surface area contributed by atoms with Crippen LogP contribution in [0.3, 0.4) is 0 Å². The van der Waals surface area contributed by atoms with Gasteiger partial charge in [-0.05, 0) is 33.1 Å².